The molecule has 1 aromatic rings. The van der Waals surface area contributed by atoms with E-state index in [0.717, 1.165) is 0 Å². The Hall–Kier alpha value is -1.03. The molecule has 1 unspecified atom stereocenters. The molecular formula is C9H9BrO3. The summed E-state index contributed by atoms with van der Waals surface area (Å²) in [5.74, 6) is -0.246. The number of hydrogen-bond donors (Lipinski definition) is 1. The number of alkyl halides is 1. The van der Waals surface area contributed by atoms with Gasteiger partial charge in [-0.25, -0.2) is 0 Å². The average Bonchev–Trinajstić information content (AvgIpc) is 2.15. The highest BCUT2D eigenvalue weighted by Gasteiger charge is 2.13. The van der Waals surface area contributed by atoms with Crippen molar-refractivity contribution >= 4 is 21.9 Å². The van der Waals surface area contributed by atoms with Gasteiger partial charge >= 0.3 is 5.97 Å². The van der Waals surface area contributed by atoms with E-state index >= 15 is 0 Å². The van der Waals surface area contributed by atoms with Crippen LogP contribution in [0, 0.1) is 0 Å². The molecule has 1 rings (SSSR count). The van der Waals surface area contributed by atoms with Gasteiger partial charge in [-0.05, 0) is 12.1 Å². The SMILES string of the molecule is O=C(O)C(Br)COc1ccccc1. The van der Waals surface area contributed by atoms with E-state index in [-0.39, 0.29) is 6.61 Å². The Morgan fingerprint density at radius 1 is 1.46 bits per heavy atom. The second-order valence-corrected chi connectivity index (χ2v) is 3.54. The van der Waals surface area contributed by atoms with Crippen LogP contribution in [0.4, 0.5) is 0 Å². The highest BCUT2D eigenvalue weighted by molar-refractivity contribution is 9.10. The van der Waals surface area contributed by atoms with Crippen molar-refractivity contribution in [1.29, 1.82) is 0 Å². The molecule has 0 aliphatic heterocycles. The van der Waals surface area contributed by atoms with Gasteiger partial charge in [0.2, 0.25) is 0 Å². The van der Waals surface area contributed by atoms with Crippen molar-refractivity contribution in [2.45, 2.75) is 4.83 Å². The highest BCUT2D eigenvalue weighted by Crippen LogP contribution is 2.10. The predicted octanol–water partition coefficient (Wildman–Crippen LogP) is 1.91. The number of halogens is 1. The topological polar surface area (TPSA) is 46.5 Å². The van der Waals surface area contributed by atoms with Gasteiger partial charge < -0.3 is 9.84 Å². The second kappa shape index (κ2) is 4.87. The minimum absolute atomic E-state index is 0.124. The fraction of sp³-hybridized carbons (Fsp3) is 0.222. The minimum atomic E-state index is -0.920. The molecule has 13 heavy (non-hydrogen) atoms. The Morgan fingerprint density at radius 2 is 2.08 bits per heavy atom. The third-order valence-corrected chi connectivity index (χ3v) is 2.06. The molecule has 0 aliphatic rings. The van der Waals surface area contributed by atoms with Gasteiger partial charge in [0, 0.05) is 0 Å². The molecule has 0 heterocycles. The standard InChI is InChI=1S/C9H9BrO3/c10-8(9(11)12)6-13-7-4-2-1-3-5-7/h1-5,8H,6H2,(H,11,12). The Morgan fingerprint density at radius 3 is 2.62 bits per heavy atom. The van der Waals surface area contributed by atoms with E-state index in [9.17, 15) is 4.79 Å². The maximum absolute atomic E-state index is 10.4. The van der Waals surface area contributed by atoms with Gasteiger partial charge in [0.1, 0.15) is 17.2 Å². The summed E-state index contributed by atoms with van der Waals surface area (Å²) in [6, 6.07) is 9.09. The second-order valence-electron chi connectivity index (χ2n) is 2.43. The van der Waals surface area contributed by atoms with E-state index < -0.39 is 10.8 Å². The largest absolute Gasteiger partial charge is 0.492 e. The summed E-state index contributed by atoms with van der Waals surface area (Å²) in [7, 11) is 0. The molecule has 0 saturated heterocycles. The van der Waals surface area contributed by atoms with Gasteiger partial charge in [-0.15, -0.1) is 0 Å². The van der Waals surface area contributed by atoms with Gasteiger partial charge in [0.15, 0.2) is 0 Å². The monoisotopic (exact) mass is 244 g/mol. The summed E-state index contributed by atoms with van der Waals surface area (Å²) in [6.45, 7) is 0.124. The first-order valence-corrected chi connectivity index (χ1v) is 4.66. The number of carbonyl (C=O) groups is 1. The third-order valence-electron chi connectivity index (χ3n) is 1.41. The first-order chi connectivity index (χ1) is 6.20. The van der Waals surface area contributed by atoms with Crippen LogP contribution >= 0.6 is 15.9 Å². The quantitative estimate of drug-likeness (QED) is 0.824. The first-order valence-electron chi connectivity index (χ1n) is 3.75. The van der Waals surface area contributed by atoms with Gasteiger partial charge in [-0.3, -0.25) is 4.79 Å². The van der Waals surface area contributed by atoms with E-state index in [1.54, 1.807) is 12.1 Å². The number of ether oxygens (including phenoxy) is 1. The lowest BCUT2D eigenvalue weighted by Crippen LogP contribution is -2.20. The number of para-hydroxylation sites is 1. The van der Waals surface area contributed by atoms with E-state index in [0.29, 0.717) is 5.75 Å². The van der Waals surface area contributed by atoms with Crippen LogP contribution in [0.25, 0.3) is 0 Å². The summed E-state index contributed by atoms with van der Waals surface area (Å²) in [5.41, 5.74) is 0. The van der Waals surface area contributed by atoms with Crippen LogP contribution in [-0.2, 0) is 4.79 Å². The van der Waals surface area contributed by atoms with Crippen LogP contribution in [0.5, 0.6) is 5.75 Å². The number of benzene rings is 1. The molecule has 0 aliphatic carbocycles. The van der Waals surface area contributed by atoms with Crippen molar-refractivity contribution in [3.63, 3.8) is 0 Å². The number of rotatable bonds is 4. The van der Waals surface area contributed by atoms with Gasteiger partial charge in [0.05, 0.1) is 0 Å². The van der Waals surface area contributed by atoms with Gasteiger partial charge in [-0.2, -0.15) is 0 Å². The fourth-order valence-electron chi connectivity index (χ4n) is 0.757. The zero-order chi connectivity index (χ0) is 9.68. The lowest BCUT2D eigenvalue weighted by Gasteiger charge is -2.07. The summed E-state index contributed by atoms with van der Waals surface area (Å²) in [4.78, 5) is 9.73. The van der Waals surface area contributed by atoms with Crippen LogP contribution in [0.2, 0.25) is 0 Å². The lowest BCUT2D eigenvalue weighted by atomic mass is 10.3. The molecule has 0 bridgehead atoms. The van der Waals surface area contributed by atoms with Crippen molar-refractivity contribution in [3.05, 3.63) is 30.3 Å². The smallest absolute Gasteiger partial charge is 0.320 e. The summed E-state index contributed by atoms with van der Waals surface area (Å²) in [6.07, 6.45) is 0. The van der Waals surface area contributed by atoms with Gasteiger partial charge in [-0.1, -0.05) is 34.1 Å². The molecule has 1 aromatic carbocycles. The van der Waals surface area contributed by atoms with Crippen LogP contribution in [-0.4, -0.2) is 22.5 Å². The van der Waals surface area contributed by atoms with Crippen LogP contribution in [0.15, 0.2) is 30.3 Å². The Balaban J connectivity index is 2.39. The third kappa shape index (κ3) is 3.46. The molecule has 0 saturated carbocycles. The number of carboxylic acid groups (broad SMARTS) is 1. The lowest BCUT2D eigenvalue weighted by molar-refractivity contribution is -0.136. The molecule has 4 heteroatoms. The molecule has 0 amide bonds. The molecule has 70 valence electrons. The van der Waals surface area contributed by atoms with Crippen LogP contribution in [0.1, 0.15) is 0 Å². The molecule has 0 spiro atoms. The molecule has 0 fully saturated rings. The molecule has 0 radical (unpaired) electrons. The zero-order valence-electron chi connectivity index (χ0n) is 6.81. The maximum Gasteiger partial charge on any atom is 0.320 e. The first kappa shape index (κ1) is 10.1. The number of aliphatic carboxylic acids is 1. The van der Waals surface area contributed by atoms with E-state index in [1.807, 2.05) is 18.2 Å². The highest BCUT2D eigenvalue weighted by atomic mass is 79.9. The molecule has 0 aromatic heterocycles. The minimum Gasteiger partial charge on any atom is -0.492 e. The van der Waals surface area contributed by atoms with Crippen LogP contribution in [0.3, 0.4) is 0 Å². The zero-order valence-corrected chi connectivity index (χ0v) is 8.40. The summed E-state index contributed by atoms with van der Waals surface area (Å²) < 4.78 is 5.20. The van der Waals surface area contributed by atoms with Crippen molar-refractivity contribution in [2.24, 2.45) is 0 Å². The summed E-state index contributed by atoms with van der Waals surface area (Å²) >= 11 is 2.98. The predicted molar refractivity (Wildman–Crippen MR) is 52.3 cm³/mol. The van der Waals surface area contributed by atoms with Crippen molar-refractivity contribution in [2.75, 3.05) is 6.61 Å². The molecular weight excluding hydrogens is 236 g/mol. The number of hydrogen-bond acceptors (Lipinski definition) is 2. The maximum atomic E-state index is 10.4. The van der Waals surface area contributed by atoms with E-state index in [4.69, 9.17) is 9.84 Å². The van der Waals surface area contributed by atoms with Crippen molar-refractivity contribution in [1.82, 2.24) is 0 Å². The van der Waals surface area contributed by atoms with E-state index in [2.05, 4.69) is 15.9 Å². The Bertz CT molecular complexity index is 273. The molecule has 3 nitrogen and oxygen atoms in total. The molecule has 1 atom stereocenters. The summed E-state index contributed by atoms with van der Waals surface area (Å²) in [5, 5.41) is 8.53. The normalized spacial score (nSPS) is 12.1. The van der Waals surface area contributed by atoms with Crippen molar-refractivity contribution in [3.8, 4) is 5.75 Å². The average molecular weight is 245 g/mol. The van der Waals surface area contributed by atoms with E-state index in [1.165, 1.54) is 0 Å². The fourth-order valence-corrected chi connectivity index (χ4v) is 0.890. The molecule has 1 N–H and O–H groups in total. The number of carboxylic acids is 1. The Kier molecular flexibility index (Phi) is 3.76. The van der Waals surface area contributed by atoms with Crippen LogP contribution < -0.4 is 4.74 Å². The Labute approximate surface area is 84.5 Å². The van der Waals surface area contributed by atoms with Crippen molar-refractivity contribution < 1.29 is 14.6 Å². The van der Waals surface area contributed by atoms with Gasteiger partial charge in [0.25, 0.3) is 0 Å².